The van der Waals surface area contributed by atoms with Crippen LogP contribution in [0.5, 0.6) is 11.5 Å². The van der Waals surface area contributed by atoms with Gasteiger partial charge < -0.3 is 14.8 Å². The fourth-order valence-corrected chi connectivity index (χ4v) is 1.36. The predicted molar refractivity (Wildman–Crippen MR) is 66.3 cm³/mol. The molecule has 0 radical (unpaired) electrons. The van der Waals surface area contributed by atoms with E-state index in [1.165, 1.54) is 0 Å². The van der Waals surface area contributed by atoms with Gasteiger partial charge in [0.15, 0.2) is 0 Å². The highest BCUT2D eigenvalue weighted by Crippen LogP contribution is 2.17. The second-order valence-electron chi connectivity index (χ2n) is 3.46. The molecule has 0 aliphatic rings. The zero-order valence-corrected chi connectivity index (χ0v) is 10.2. The Morgan fingerprint density at radius 2 is 1.62 bits per heavy atom. The van der Waals surface area contributed by atoms with Crippen molar-refractivity contribution in [3.63, 3.8) is 0 Å². The summed E-state index contributed by atoms with van der Waals surface area (Å²) < 4.78 is 10.9. The van der Waals surface area contributed by atoms with Crippen molar-refractivity contribution in [1.82, 2.24) is 5.32 Å². The normalized spacial score (nSPS) is 10.1. The summed E-state index contributed by atoms with van der Waals surface area (Å²) >= 11 is 0. The van der Waals surface area contributed by atoms with Crippen molar-refractivity contribution in [2.45, 2.75) is 20.3 Å². The molecule has 0 heterocycles. The van der Waals surface area contributed by atoms with Crippen molar-refractivity contribution in [2.75, 3.05) is 26.3 Å². The molecule has 16 heavy (non-hydrogen) atoms. The van der Waals surface area contributed by atoms with Crippen LogP contribution in [0.25, 0.3) is 0 Å². The summed E-state index contributed by atoms with van der Waals surface area (Å²) in [5, 5.41) is 3.26. The Hall–Kier alpha value is -1.22. The highest BCUT2D eigenvalue weighted by molar-refractivity contribution is 5.31. The molecule has 0 saturated carbocycles. The van der Waals surface area contributed by atoms with Crippen molar-refractivity contribution in [3.05, 3.63) is 24.3 Å². The van der Waals surface area contributed by atoms with Crippen LogP contribution in [0, 0.1) is 0 Å². The Bertz CT molecular complexity index is 272. The summed E-state index contributed by atoms with van der Waals surface area (Å²) in [6.45, 7) is 7.55. The van der Waals surface area contributed by atoms with Gasteiger partial charge in [-0.15, -0.1) is 0 Å². The average Bonchev–Trinajstić information content (AvgIpc) is 2.31. The third kappa shape index (κ3) is 5.03. The Labute approximate surface area is 97.8 Å². The predicted octanol–water partition coefficient (Wildman–Crippen LogP) is 2.46. The largest absolute Gasteiger partial charge is 0.494 e. The lowest BCUT2D eigenvalue weighted by Gasteiger charge is -2.07. The molecule has 0 fully saturated rings. The van der Waals surface area contributed by atoms with E-state index < -0.39 is 0 Å². The van der Waals surface area contributed by atoms with Crippen LogP contribution in [0.1, 0.15) is 20.3 Å². The van der Waals surface area contributed by atoms with E-state index in [0.717, 1.165) is 37.6 Å². The first-order valence-corrected chi connectivity index (χ1v) is 5.93. The zero-order chi connectivity index (χ0) is 11.6. The minimum atomic E-state index is 0.697. The van der Waals surface area contributed by atoms with Crippen LogP contribution in [-0.2, 0) is 0 Å². The van der Waals surface area contributed by atoms with E-state index in [-0.39, 0.29) is 0 Å². The van der Waals surface area contributed by atoms with Crippen LogP contribution < -0.4 is 14.8 Å². The number of nitrogens with one attached hydrogen (secondary N) is 1. The molecule has 3 heteroatoms. The molecule has 0 aromatic heterocycles. The minimum Gasteiger partial charge on any atom is -0.494 e. The lowest BCUT2D eigenvalue weighted by atomic mass is 10.3. The van der Waals surface area contributed by atoms with Crippen LogP contribution in [0.4, 0.5) is 0 Å². The van der Waals surface area contributed by atoms with Crippen LogP contribution in [0.15, 0.2) is 24.3 Å². The fourth-order valence-electron chi connectivity index (χ4n) is 1.36. The third-order valence-electron chi connectivity index (χ3n) is 2.15. The molecular formula is C13H21NO2. The van der Waals surface area contributed by atoms with Crippen molar-refractivity contribution in [1.29, 1.82) is 0 Å². The molecule has 0 spiro atoms. The van der Waals surface area contributed by atoms with Gasteiger partial charge in [0, 0.05) is 0 Å². The number of rotatable bonds is 8. The van der Waals surface area contributed by atoms with Crippen LogP contribution >= 0.6 is 0 Å². The summed E-state index contributed by atoms with van der Waals surface area (Å²) in [7, 11) is 0. The van der Waals surface area contributed by atoms with Crippen LogP contribution in [-0.4, -0.2) is 26.3 Å². The molecule has 0 aliphatic heterocycles. The maximum Gasteiger partial charge on any atom is 0.119 e. The van der Waals surface area contributed by atoms with E-state index in [1.54, 1.807) is 0 Å². The number of hydrogen-bond donors (Lipinski definition) is 1. The van der Waals surface area contributed by atoms with Gasteiger partial charge in [-0.2, -0.15) is 0 Å². The molecule has 1 rings (SSSR count). The molecule has 90 valence electrons. The highest BCUT2D eigenvalue weighted by Gasteiger charge is 1.95. The molecule has 0 unspecified atom stereocenters. The summed E-state index contributed by atoms with van der Waals surface area (Å²) in [6.07, 6.45) is 1.03. The van der Waals surface area contributed by atoms with Gasteiger partial charge in [0.05, 0.1) is 13.2 Å². The summed E-state index contributed by atoms with van der Waals surface area (Å²) in [5.74, 6) is 1.79. The molecular weight excluding hydrogens is 202 g/mol. The topological polar surface area (TPSA) is 30.5 Å². The zero-order valence-electron chi connectivity index (χ0n) is 10.2. The first-order valence-electron chi connectivity index (χ1n) is 5.93. The van der Waals surface area contributed by atoms with Gasteiger partial charge in [0.1, 0.15) is 11.5 Å². The maximum atomic E-state index is 5.59. The second-order valence-corrected chi connectivity index (χ2v) is 3.46. The highest BCUT2D eigenvalue weighted by atomic mass is 16.5. The second kappa shape index (κ2) is 7.99. The van der Waals surface area contributed by atoms with E-state index in [0.29, 0.717) is 6.61 Å². The van der Waals surface area contributed by atoms with Crippen molar-refractivity contribution >= 4 is 0 Å². The summed E-state index contributed by atoms with van der Waals surface area (Å²) in [6, 6.07) is 7.75. The van der Waals surface area contributed by atoms with Gasteiger partial charge in [-0.05, 0) is 50.7 Å². The molecule has 0 atom stereocenters. The quantitative estimate of drug-likeness (QED) is 0.687. The van der Waals surface area contributed by atoms with Gasteiger partial charge in [-0.1, -0.05) is 6.92 Å². The lowest BCUT2D eigenvalue weighted by Crippen LogP contribution is -2.16. The molecule has 0 aliphatic carbocycles. The summed E-state index contributed by atoms with van der Waals surface area (Å²) in [5.41, 5.74) is 0. The van der Waals surface area contributed by atoms with Gasteiger partial charge in [0.25, 0.3) is 0 Å². The van der Waals surface area contributed by atoms with E-state index in [4.69, 9.17) is 9.47 Å². The summed E-state index contributed by atoms with van der Waals surface area (Å²) in [4.78, 5) is 0. The van der Waals surface area contributed by atoms with E-state index in [9.17, 15) is 0 Å². The van der Waals surface area contributed by atoms with E-state index in [2.05, 4.69) is 12.2 Å². The smallest absolute Gasteiger partial charge is 0.119 e. The molecule has 1 N–H and O–H groups in total. The first kappa shape index (κ1) is 12.8. The molecule has 1 aromatic carbocycles. The fraction of sp³-hybridized carbons (Fsp3) is 0.538. The Kier molecular flexibility index (Phi) is 6.42. The number of benzene rings is 1. The molecule has 1 aromatic rings. The third-order valence-corrected chi connectivity index (χ3v) is 2.15. The van der Waals surface area contributed by atoms with Crippen molar-refractivity contribution in [2.24, 2.45) is 0 Å². The standard InChI is InChI=1S/C13H21NO2/c1-3-14-10-5-11-16-13-8-6-12(7-9-13)15-4-2/h6-9,14H,3-5,10-11H2,1-2H3. The van der Waals surface area contributed by atoms with Gasteiger partial charge in [-0.25, -0.2) is 0 Å². The minimum absolute atomic E-state index is 0.697. The van der Waals surface area contributed by atoms with E-state index >= 15 is 0 Å². The van der Waals surface area contributed by atoms with Gasteiger partial charge >= 0.3 is 0 Å². The Morgan fingerprint density at radius 1 is 1.00 bits per heavy atom. The van der Waals surface area contributed by atoms with Crippen LogP contribution in [0.3, 0.4) is 0 Å². The van der Waals surface area contributed by atoms with E-state index in [1.807, 2.05) is 31.2 Å². The van der Waals surface area contributed by atoms with Crippen molar-refractivity contribution < 1.29 is 9.47 Å². The SMILES string of the molecule is CCNCCCOc1ccc(OCC)cc1. The monoisotopic (exact) mass is 223 g/mol. The molecule has 0 amide bonds. The number of ether oxygens (including phenoxy) is 2. The molecule has 3 nitrogen and oxygen atoms in total. The number of hydrogen-bond acceptors (Lipinski definition) is 3. The molecule has 0 saturated heterocycles. The molecule has 0 bridgehead atoms. The first-order chi connectivity index (χ1) is 7.86. The lowest BCUT2D eigenvalue weighted by molar-refractivity contribution is 0.306. The average molecular weight is 223 g/mol. The maximum absolute atomic E-state index is 5.59. The van der Waals surface area contributed by atoms with Crippen molar-refractivity contribution in [3.8, 4) is 11.5 Å². The van der Waals surface area contributed by atoms with Gasteiger partial charge in [-0.3, -0.25) is 0 Å². The Balaban J connectivity index is 2.21. The van der Waals surface area contributed by atoms with Gasteiger partial charge in [0.2, 0.25) is 0 Å². The van der Waals surface area contributed by atoms with Crippen LogP contribution in [0.2, 0.25) is 0 Å². The Morgan fingerprint density at radius 3 is 2.19 bits per heavy atom.